The molecule has 6 aromatic rings. The number of rotatable bonds is 1. The van der Waals surface area contributed by atoms with Gasteiger partial charge >= 0.3 is 0 Å². The van der Waals surface area contributed by atoms with Crippen molar-refractivity contribution in [3.63, 3.8) is 0 Å². The van der Waals surface area contributed by atoms with Crippen LogP contribution in [0.15, 0.2) is 131 Å². The van der Waals surface area contributed by atoms with Crippen molar-refractivity contribution in [2.45, 2.75) is 15.2 Å². The van der Waals surface area contributed by atoms with E-state index in [-0.39, 0.29) is 0 Å². The van der Waals surface area contributed by atoms with Crippen LogP contribution in [0.1, 0.15) is 27.8 Å². The van der Waals surface area contributed by atoms with E-state index in [1.165, 1.54) is 20.9 Å². The quantitative estimate of drug-likeness (QED) is 0.201. The highest BCUT2D eigenvalue weighted by Crippen LogP contribution is 2.62. The maximum atomic E-state index is 9.57. The Balaban J connectivity index is 1.36. The number of pyridine rings is 2. The molecule has 2 aliphatic heterocycles. The van der Waals surface area contributed by atoms with Crippen LogP contribution in [-0.2, 0) is 5.41 Å². The number of hydrogen-bond donors (Lipinski definition) is 0. The van der Waals surface area contributed by atoms with E-state index in [1.54, 1.807) is 6.07 Å². The Hall–Kier alpha value is -5.38. The summed E-state index contributed by atoms with van der Waals surface area (Å²) in [4.78, 5) is 14.7. The Kier molecular flexibility index (Phi) is 4.76. The standard InChI is InChI=1S/C36H20N4OS/c37-20-22-15-16-29-31(18-22)41-30-12-4-3-11-28(30)40(29)23-19-27-35(39-21-23)34-26(10-7-17-38-34)36(27)24-8-1-5-13-32(24)42-33-14-6-2-9-25(33)36/h1-19,21H. The van der Waals surface area contributed by atoms with Crippen LogP contribution in [0.25, 0.3) is 11.4 Å². The highest BCUT2D eigenvalue weighted by Gasteiger charge is 2.51. The van der Waals surface area contributed by atoms with Crippen LogP contribution in [0.4, 0.5) is 17.1 Å². The van der Waals surface area contributed by atoms with E-state index in [0.717, 1.165) is 45.3 Å². The molecule has 42 heavy (non-hydrogen) atoms. The maximum absolute atomic E-state index is 9.57. The van der Waals surface area contributed by atoms with E-state index in [0.29, 0.717) is 11.3 Å². The Morgan fingerprint density at radius 1 is 0.667 bits per heavy atom. The lowest BCUT2D eigenvalue weighted by molar-refractivity contribution is 0.477. The molecule has 4 heterocycles. The number of nitrogens with zero attached hydrogens (tertiary/aromatic N) is 4. The Labute approximate surface area is 246 Å². The van der Waals surface area contributed by atoms with Gasteiger partial charge < -0.3 is 9.64 Å². The summed E-state index contributed by atoms with van der Waals surface area (Å²) in [5.74, 6) is 1.36. The average Bonchev–Trinajstić information content (AvgIpc) is 3.33. The van der Waals surface area contributed by atoms with Crippen molar-refractivity contribution in [1.29, 1.82) is 5.26 Å². The first-order valence-corrected chi connectivity index (χ1v) is 14.5. The van der Waals surface area contributed by atoms with E-state index in [9.17, 15) is 5.26 Å². The summed E-state index contributed by atoms with van der Waals surface area (Å²) >= 11 is 1.82. The Bertz CT molecular complexity index is 2100. The molecular formula is C36H20N4OS. The predicted octanol–water partition coefficient (Wildman–Crippen LogP) is 8.75. The van der Waals surface area contributed by atoms with Crippen LogP contribution in [0, 0.1) is 11.3 Å². The fourth-order valence-electron chi connectivity index (χ4n) is 6.77. The van der Waals surface area contributed by atoms with E-state index < -0.39 is 5.41 Å². The lowest BCUT2D eigenvalue weighted by atomic mass is 9.67. The Morgan fingerprint density at radius 3 is 2.17 bits per heavy atom. The number of aromatic nitrogens is 2. The van der Waals surface area contributed by atoms with Gasteiger partial charge in [0.25, 0.3) is 0 Å². The van der Waals surface area contributed by atoms with Crippen molar-refractivity contribution in [2.75, 3.05) is 4.90 Å². The van der Waals surface area contributed by atoms with Crippen molar-refractivity contribution < 1.29 is 4.74 Å². The second-order valence-corrected chi connectivity index (χ2v) is 11.6. The lowest BCUT2D eigenvalue weighted by Crippen LogP contribution is -2.32. The van der Waals surface area contributed by atoms with Crippen LogP contribution in [0.5, 0.6) is 11.5 Å². The molecule has 2 aromatic heterocycles. The molecule has 0 saturated heterocycles. The van der Waals surface area contributed by atoms with Gasteiger partial charge in [0.2, 0.25) is 0 Å². The number of ether oxygens (including phenoxy) is 1. The van der Waals surface area contributed by atoms with Crippen LogP contribution < -0.4 is 9.64 Å². The van der Waals surface area contributed by atoms with Crippen LogP contribution in [0.2, 0.25) is 0 Å². The fourth-order valence-corrected chi connectivity index (χ4v) is 7.96. The van der Waals surface area contributed by atoms with Crippen molar-refractivity contribution in [1.82, 2.24) is 9.97 Å². The molecule has 0 saturated carbocycles. The molecule has 6 heteroatoms. The molecule has 196 valence electrons. The van der Waals surface area contributed by atoms with Crippen molar-refractivity contribution in [3.05, 3.63) is 149 Å². The molecule has 9 rings (SSSR count). The highest BCUT2D eigenvalue weighted by atomic mass is 32.2. The lowest BCUT2D eigenvalue weighted by Gasteiger charge is -2.39. The van der Waals surface area contributed by atoms with E-state index in [2.05, 4.69) is 77.7 Å². The minimum Gasteiger partial charge on any atom is -0.453 e. The molecule has 1 spiro atoms. The summed E-state index contributed by atoms with van der Waals surface area (Å²) in [6.45, 7) is 0. The van der Waals surface area contributed by atoms with E-state index >= 15 is 0 Å². The molecule has 0 N–H and O–H groups in total. The van der Waals surface area contributed by atoms with Crippen LogP contribution >= 0.6 is 11.8 Å². The van der Waals surface area contributed by atoms with Crippen molar-refractivity contribution in [2.24, 2.45) is 0 Å². The second kappa shape index (κ2) is 8.56. The maximum Gasteiger partial charge on any atom is 0.152 e. The third kappa shape index (κ3) is 2.98. The molecular weight excluding hydrogens is 536 g/mol. The van der Waals surface area contributed by atoms with Crippen molar-refractivity contribution >= 4 is 28.8 Å². The summed E-state index contributed by atoms with van der Waals surface area (Å²) in [7, 11) is 0. The monoisotopic (exact) mass is 556 g/mol. The first-order valence-electron chi connectivity index (χ1n) is 13.7. The van der Waals surface area contributed by atoms with Gasteiger partial charge in [0, 0.05) is 27.6 Å². The summed E-state index contributed by atoms with van der Waals surface area (Å²) < 4.78 is 6.29. The zero-order valence-corrected chi connectivity index (χ0v) is 23.0. The molecule has 0 atom stereocenters. The molecule has 5 nitrogen and oxygen atoms in total. The SMILES string of the molecule is N#Cc1ccc2c(c1)Oc1ccccc1N2c1cnc2c(c1)C1(c3ccccc3Sc3ccccc31)c1cccnc1-2. The van der Waals surface area contributed by atoms with Gasteiger partial charge in [0.1, 0.15) is 0 Å². The second-order valence-electron chi connectivity index (χ2n) is 10.5. The summed E-state index contributed by atoms with van der Waals surface area (Å²) in [6.07, 6.45) is 3.78. The molecule has 0 radical (unpaired) electrons. The number of para-hydroxylation sites is 2. The predicted molar refractivity (Wildman–Crippen MR) is 163 cm³/mol. The number of nitriles is 1. The van der Waals surface area contributed by atoms with Crippen LogP contribution in [-0.4, -0.2) is 9.97 Å². The van der Waals surface area contributed by atoms with E-state index in [1.807, 2.05) is 60.6 Å². The molecule has 0 amide bonds. The van der Waals surface area contributed by atoms with Gasteiger partial charge in [0.05, 0.1) is 51.7 Å². The first-order chi connectivity index (χ1) is 20.8. The third-order valence-corrected chi connectivity index (χ3v) is 9.58. The van der Waals surface area contributed by atoms with Crippen molar-refractivity contribution in [3.8, 4) is 29.0 Å². The molecule has 1 aliphatic carbocycles. The smallest absolute Gasteiger partial charge is 0.152 e. The van der Waals surface area contributed by atoms with Gasteiger partial charge in [-0.25, -0.2) is 0 Å². The topological polar surface area (TPSA) is 62.0 Å². The largest absolute Gasteiger partial charge is 0.453 e. The van der Waals surface area contributed by atoms with Gasteiger partial charge in [-0.1, -0.05) is 66.4 Å². The summed E-state index contributed by atoms with van der Waals surface area (Å²) in [5, 5.41) is 9.57. The highest BCUT2D eigenvalue weighted by molar-refractivity contribution is 7.99. The number of anilines is 3. The van der Waals surface area contributed by atoms with Gasteiger partial charge in [0.15, 0.2) is 11.5 Å². The number of hydrogen-bond acceptors (Lipinski definition) is 6. The van der Waals surface area contributed by atoms with E-state index in [4.69, 9.17) is 14.7 Å². The Morgan fingerprint density at radius 2 is 1.36 bits per heavy atom. The zero-order valence-electron chi connectivity index (χ0n) is 22.2. The summed E-state index contributed by atoms with van der Waals surface area (Å²) in [6, 6.07) is 39.7. The molecule has 4 aromatic carbocycles. The molecule has 0 fully saturated rings. The third-order valence-electron chi connectivity index (χ3n) is 8.43. The first kappa shape index (κ1) is 23.3. The molecule has 3 aliphatic rings. The fraction of sp³-hybridized carbons (Fsp3) is 0.0278. The minimum absolute atomic E-state index is 0.550. The number of fused-ring (bicyclic) bond motifs is 11. The average molecular weight is 557 g/mol. The zero-order chi connectivity index (χ0) is 27.8. The molecule has 0 unspecified atom stereocenters. The van der Waals surface area contributed by atoms with Gasteiger partial charge in [-0.05, 0) is 65.2 Å². The minimum atomic E-state index is -0.570. The summed E-state index contributed by atoms with van der Waals surface area (Å²) in [5.41, 5.74) is 9.20. The van der Waals surface area contributed by atoms with Gasteiger partial charge in [-0.3, -0.25) is 9.97 Å². The molecule has 0 bridgehead atoms. The normalized spacial score (nSPS) is 14.4. The van der Waals surface area contributed by atoms with Crippen LogP contribution in [0.3, 0.4) is 0 Å². The van der Waals surface area contributed by atoms with Gasteiger partial charge in [-0.15, -0.1) is 0 Å². The van der Waals surface area contributed by atoms with Gasteiger partial charge in [-0.2, -0.15) is 5.26 Å². The number of benzene rings is 4.